The number of hydrogen-bond donors (Lipinski definition) is 2. The van der Waals surface area contributed by atoms with Gasteiger partial charge in [-0.3, -0.25) is 4.90 Å². The van der Waals surface area contributed by atoms with Gasteiger partial charge in [-0.05, 0) is 43.5 Å². The number of carbonyl (C=O) groups is 1. The van der Waals surface area contributed by atoms with E-state index in [2.05, 4.69) is 39.8 Å². The van der Waals surface area contributed by atoms with Crippen molar-refractivity contribution in [2.75, 3.05) is 32.8 Å². The van der Waals surface area contributed by atoms with Crippen LogP contribution in [0.4, 0.5) is 4.79 Å². The maximum absolute atomic E-state index is 12.0. The molecule has 0 bridgehead atoms. The van der Waals surface area contributed by atoms with Crippen LogP contribution in [0.2, 0.25) is 0 Å². The standard InChI is InChI=1S/C20H31N3O2/c24-20(21-13-17-9-12-25-16-17)22-14-18-7-3-4-8-19(18)15-23-10-5-1-2-6-11-23/h3-4,7-8,17H,1-2,5-6,9-16H2,(H2,21,22,24). The number of ether oxygens (including phenoxy) is 1. The van der Waals surface area contributed by atoms with Crippen molar-refractivity contribution < 1.29 is 9.53 Å². The van der Waals surface area contributed by atoms with Crippen LogP contribution in [0, 0.1) is 5.92 Å². The number of likely N-dealkylation sites (tertiary alicyclic amines) is 1. The summed E-state index contributed by atoms with van der Waals surface area (Å²) in [6, 6.07) is 8.37. The Bertz CT molecular complexity index is 535. The molecule has 0 spiro atoms. The zero-order valence-corrected chi connectivity index (χ0v) is 15.1. The lowest BCUT2D eigenvalue weighted by Crippen LogP contribution is -2.38. The number of nitrogens with zero attached hydrogens (tertiary/aromatic N) is 1. The average Bonchev–Trinajstić information content (AvgIpc) is 3.03. The molecule has 0 aromatic heterocycles. The quantitative estimate of drug-likeness (QED) is 0.833. The van der Waals surface area contributed by atoms with E-state index < -0.39 is 0 Å². The molecule has 1 aromatic rings. The molecule has 138 valence electrons. The number of carbonyl (C=O) groups excluding carboxylic acids is 1. The molecule has 0 radical (unpaired) electrons. The van der Waals surface area contributed by atoms with E-state index in [-0.39, 0.29) is 6.03 Å². The molecular weight excluding hydrogens is 314 g/mol. The third-order valence-electron chi connectivity index (χ3n) is 5.23. The molecule has 5 heteroatoms. The summed E-state index contributed by atoms with van der Waals surface area (Å²) in [5.74, 6) is 0.459. The minimum atomic E-state index is -0.0866. The summed E-state index contributed by atoms with van der Waals surface area (Å²) in [7, 11) is 0. The van der Waals surface area contributed by atoms with Gasteiger partial charge in [0.25, 0.3) is 0 Å². The highest BCUT2D eigenvalue weighted by Crippen LogP contribution is 2.16. The van der Waals surface area contributed by atoms with Gasteiger partial charge in [-0.25, -0.2) is 4.79 Å². The summed E-state index contributed by atoms with van der Waals surface area (Å²) in [5.41, 5.74) is 2.54. The minimum absolute atomic E-state index is 0.0866. The van der Waals surface area contributed by atoms with Gasteiger partial charge < -0.3 is 15.4 Å². The Labute approximate surface area is 151 Å². The van der Waals surface area contributed by atoms with Gasteiger partial charge in [-0.2, -0.15) is 0 Å². The lowest BCUT2D eigenvalue weighted by atomic mass is 10.1. The zero-order chi connectivity index (χ0) is 17.3. The van der Waals surface area contributed by atoms with Gasteiger partial charge in [0, 0.05) is 32.2 Å². The molecular formula is C20H31N3O2. The van der Waals surface area contributed by atoms with Crippen LogP contribution in [-0.2, 0) is 17.8 Å². The second kappa shape index (κ2) is 9.78. The van der Waals surface area contributed by atoms with Crippen LogP contribution in [0.3, 0.4) is 0 Å². The van der Waals surface area contributed by atoms with Gasteiger partial charge >= 0.3 is 6.03 Å². The summed E-state index contributed by atoms with van der Waals surface area (Å²) >= 11 is 0. The molecule has 1 atom stereocenters. The largest absolute Gasteiger partial charge is 0.381 e. The van der Waals surface area contributed by atoms with Crippen LogP contribution < -0.4 is 10.6 Å². The fraction of sp³-hybridized carbons (Fsp3) is 0.650. The molecule has 2 amide bonds. The molecule has 3 rings (SSSR count). The molecule has 0 saturated carbocycles. The Hall–Kier alpha value is -1.59. The van der Waals surface area contributed by atoms with E-state index in [1.807, 2.05) is 0 Å². The van der Waals surface area contributed by atoms with E-state index in [0.717, 1.165) is 26.2 Å². The SMILES string of the molecule is O=C(NCc1ccccc1CN1CCCCCC1)NCC1CCOC1. The third kappa shape index (κ3) is 6.01. The van der Waals surface area contributed by atoms with Crippen molar-refractivity contribution >= 4 is 6.03 Å². The molecule has 2 fully saturated rings. The normalized spacial score (nSPS) is 21.7. The van der Waals surface area contributed by atoms with Crippen molar-refractivity contribution in [1.82, 2.24) is 15.5 Å². The number of rotatable bonds is 6. The first kappa shape index (κ1) is 18.2. The van der Waals surface area contributed by atoms with Crippen LogP contribution in [0.15, 0.2) is 24.3 Å². The first-order valence-corrected chi connectivity index (χ1v) is 9.70. The van der Waals surface area contributed by atoms with Crippen molar-refractivity contribution in [1.29, 1.82) is 0 Å². The highest BCUT2D eigenvalue weighted by atomic mass is 16.5. The smallest absolute Gasteiger partial charge is 0.315 e. The van der Waals surface area contributed by atoms with Gasteiger partial charge in [-0.1, -0.05) is 37.1 Å². The summed E-state index contributed by atoms with van der Waals surface area (Å²) in [5, 5.41) is 5.97. The fourth-order valence-corrected chi connectivity index (χ4v) is 3.64. The van der Waals surface area contributed by atoms with E-state index >= 15 is 0 Å². The summed E-state index contributed by atoms with van der Waals surface area (Å²) in [6.45, 7) is 6.21. The summed E-state index contributed by atoms with van der Waals surface area (Å²) < 4.78 is 5.34. The molecule has 2 aliphatic heterocycles. The molecule has 1 aromatic carbocycles. The molecule has 0 aliphatic carbocycles. The maximum atomic E-state index is 12.0. The molecule has 2 saturated heterocycles. The molecule has 5 nitrogen and oxygen atoms in total. The Morgan fingerprint density at radius 3 is 2.56 bits per heavy atom. The average molecular weight is 345 g/mol. The van der Waals surface area contributed by atoms with Crippen LogP contribution in [-0.4, -0.2) is 43.8 Å². The van der Waals surface area contributed by atoms with Gasteiger partial charge in [0.05, 0.1) is 6.61 Å². The number of amides is 2. The predicted octanol–water partition coefficient (Wildman–Crippen LogP) is 2.90. The maximum Gasteiger partial charge on any atom is 0.315 e. The second-order valence-electron chi connectivity index (χ2n) is 7.25. The van der Waals surface area contributed by atoms with Crippen molar-refractivity contribution in [2.45, 2.75) is 45.2 Å². The molecule has 2 N–H and O–H groups in total. The molecule has 2 heterocycles. The number of hydrogen-bond acceptors (Lipinski definition) is 3. The van der Waals surface area contributed by atoms with E-state index in [4.69, 9.17) is 4.74 Å². The van der Waals surface area contributed by atoms with Gasteiger partial charge in [0.1, 0.15) is 0 Å². The van der Waals surface area contributed by atoms with Gasteiger partial charge in [-0.15, -0.1) is 0 Å². The lowest BCUT2D eigenvalue weighted by molar-refractivity contribution is 0.185. The predicted molar refractivity (Wildman–Crippen MR) is 99.4 cm³/mol. The van der Waals surface area contributed by atoms with Crippen LogP contribution in [0.5, 0.6) is 0 Å². The van der Waals surface area contributed by atoms with Crippen LogP contribution >= 0.6 is 0 Å². The topological polar surface area (TPSA) is 53.6 Å². The summed E-state index contributed by atoms with van der Waals surface area (Å²) in [4.78, 5) is 14.6. The third-order valence-corrected chi connectivity index (χ3v) is 5.23. The van der Waals surface area contributed by atoms with Crippen molar-refractivity contribution in [3.63, 3.8) is 0 Å². The number of urea groups is 1. The Balaban J connectivity index is 1.47. The van der Waals surface area contributed by atoms with E-state index in [1.54, 1.807) is 0 Å². The van der Waals surface area contributed by atoms with Crippen molar-refractivity contribution in [2.24, 2.45) is 5.92 Å². The van der Waals surface area contributed by atoms with Crippen molar-refractivity contribution in [3.05, 3.63) is 35.4 Å². The molecule has 25 heavy (non-hydrogen) atoms. The lowest BCUT2D eigenvalue weighted by Gasteiger charge is -2.21. The summed E-state index contributed by atoms with van der Waals surface area (Å²) in [6.07, 6.45) is 6.35. The monoisotopic (exact) mass is 345 g/mol. The van der Waals surface area contributed by atoms with Crippen LogP contribution in [0.1, 0.15) is 43.2 Å². The highest BCUT2D eigenvalue weighted by Gasteiger charge is 2.16. The Morgan fingerprint density at radius 2 is 1.84 bits per heavy atom. The fourth-order valence-electron chi connectivity index (χ4n) is 3.64. The number of nitrogens with one attached hydrogen (secondary N) is 2. The van der Waals surface area contributed by atoms with E-state index in [9.17, 15) is 4.79 Å². The highest BCUT2D eigenvalue weighted by molar-refractivity contribution is 5.73. The second-order valence-corrected chi connectivity index (χ2v) is 7.25. The van der Waals surface area contributed by atoms with Crippen molar-refractivity contribution in [3.8, 4) is 0 Å². The Kier molecular flexibility index (Phi) is 7.12. The first-order valence-electron chi connectivity index (χ1n) is 9.70. The Morgan fingerprint density at radius 1 is 1.08 bits per heavy atom. The first-order chi connectivity index (χ1) is 12.3. The van der Waals surface area contributed by atoms with Crippen LogP contribution in [0.25, 0.3) is 0 Å². The number of benzene rings is 1. The van der Waals surface area contributed by atoms with Gasteiger partial charge in [0.15, 0.2) is 0 Å². The molecule has 1 unspecified atom stereocenters. The molecule has 2 aliphatic rings. The minimum Gasteiger partial charge on any atom is -0.381 e. The van der Waals surface area contributed by atoms with E-state index in [0.29, 0.717) is 19.0 Å². The van der Waals surface area contributed by atoms with Gasteiger partial charge in [0.2, 0.25) is 0 Å². The van der Waals surface area contributed by atoms with E-state index in [1.165, 1.54) is 49.9 Å². The zero-order valence-electron chi connectivity index (χ0n) is 15.1.